The SMILES string of the molecule is COc1ccccc1CNCc1cc(F)cc(Cl)c1. The fourth-order valence-corrected chi connectivity index (χ4v) is 2.15. The van der Waals surface area contributed by atoms with Gasteiger partial charge in [-0.25, -0.2) is 4.39 Å². The monoisotopic (exact) mass is 279 g/mol. The van der Waals surface area contributed by atoms with Gasteiger partial charge in [-0.3, -0.25) is 0 Å². The summed E-state index contributed by atoms with van der Waals surface area (Å²) < 4.78 is 18.4. The van der Waals surface area contributed by atoms with Gasteiger partial charge in [0.2, 0.25) is 0 Å². The average molecular weight is 280 g/mol. The van der Waals surface area contributed by atoms with Crippen LogP contribution in [0.3, 0.4) is 0 Å². The van der Waals surface area contributed by atoms with Gasteiger partial charge in [-0.05, 0) is 29.8 Å². The van der Waals surface area contributed by atoms with Crippen LogP contribution in [0.4, 0.5) is 4.39 Å². The Balaban J connectivity index is 1.96. The maximum absolute atomic E-state index is 13.2. The molecule has 19 heavy (non-hydrogen) atoms. The molecule has 4 heteroatoms. The summed E-state index contributed by atoms with van der Waals surface area (Å²) in [5.41, 5.74) is 1.88. The predicted octanol–water partition coefficient (Wildman–Crippen LogP) is 3.78. The van der Waals surface area contributed by atoms with Crippen LogP contribution in [-0.4, -0.2) is 7.11 Å². The lowest BCUT2D eigenvalue weighted by Gasteiger charge is -2.09. The molecule has 0 atom stereocenters. The second kappa shape index (κ2) is 6.55. The first kappa shape index (κ1) is 13.8. The molecule has 0 saturated carbocycles. The first-order valence-corrected chi connectivity index (χ1v) is 6.34. The van der Waals surface area contributed by atoms with Crippen molar-refractivity contribution in [3.8, 4) is 5.75 Å². The summed E-state index contributed by atoms with van der Waals surface area (Å²) in [6.45, 7) is 1.20. The normalized spacial score (nSPS) is 10.5. The lowest BCUT2D eigenvalue weighted by molar-refractivity contribution is 0.407. The van der Waals surface area contributed by atoms with Gasteiger partial charge in [0.05, 0.1) is 7.11 Å². The first-order chi connectivity index (χ1) is 9.19. The molecule has 0 heterocycles. The second-order valence-corrected chi connectivity index (χ2v) is 4.63. The Hall–Kier alpha value is -1.58. The van der Waals surface area contributed by atoms with Gasteiger partial charge in [-0.1, -0.05) is 29.8 Å². The molecule has 2 aromatic rings. The second-order valence-electron chi connectivity index (χ2n) is 4.19. The van der Waals surface area contributed by atoms with Crippen molar-refractivity contribution in [2.45, 2.75) is 13.1 Å². The molecule has 0 saturated heterocycles. The van der Waals surface area contributed by atoms with E-state index in [1.54, 1.807) is 13.2 Å². The van der Waals surface area contributed by atoms with E-state index in [-0.39, 0.29) is 5.82 Å². The van der Waals surface area contributed by atoms with Gasteiger partial charge < -0.3 is 10.1 Å². The van der Waals surface area contributed by atoms with Crippen molar-refractivity contribution in [1.29, 1.82) is 0 Å². The van der Waals surface area contributed by atoms with E-state index in [9.17, 15) is 4.39 Å². The number of hydrogen-bond acceptors (Lipinski definition) is 2. The number of halogens is 2. The quantitative estimate of drug-likeness (QED) is 0.899. The molecule has 0 aliphatic rings. The highest BCUT2D eigenvalue weighted by Gasteiger charge is 2.02. The molecule has 2 rings (SSSR count). The maximum Gasteiger partial charge on any atom is 0.125 e. The average Bonchev–Trinajstić information content (AvgIpc) is 2.38. The van der Waals surface area contributed by atoms with E-state index in [0.717, 1.165) is 16.9 Å². The van der Waals surface area contributed by atoms with Crippen molar-refractivity contribution in [3.05, 3.63) is 64.4 Å². The zero-order valence-electron chi connectivity index (χ0n) is 10.6. The Morgan fingerprint density at radius 3 is 2.68 bits per heavy atom. The Labute approximate surface area is 117 Å². The number of para-hydroxylation sites is 1. The summed E-state index contributed by atoms with van der Waals surface area (Å²) >= 11 is 5.81. The number of hydrogen-bond donors (Lipinski definition) is 1. The molecule has 0 aliphatic heterocycles. The molecule has 0 amide bonds. The summed E-state index contributed by atoms with van der Waals surface area (Å²) in [5, 5.41) is 3.65. The molecule has 0 fully saturated rings. The van der Waals surface area contributed by atoms with Crippen molar-refractivity contribution in [1.82, 2.24) is 5.32 Å². The smallest absolute Gasteiger partial charge is 0.125 e. The third-order valence-electron chi connectivity index (χ3n) is 2.76. The molecule has 0 aliphatic carbocycles. The Morgan fingerprint density at radius 1 is 1.16 bits per heavy atom. The van der Waals surface area contributed by atoms with Crippen LogP contribution in [-0.2, 0) is 13.1 Å². The highest BCUT2D eigenvalue weighted by molar-refractivity contribution is 6.30. The zero-order chi connectivity index (χ0) is 13.7. The minimum Gasteiger partial charge on any atom is -0.496 e. The fraction of sp³-hybridized carbons (Fsp3) is 0.200. The Bertz CT molecular complexity index is 539. The van der Waals surface area contributed by atoms with Crippen LogP contribution in [0.15, 0.2) is 42.5 Å². The molecule has 0 spiro atoms. The summed E-state index contributed by atoms with van der Waals surface area (Å²) in [6, 6.07) is 12.3. The number of nitrogens with one attached hydrogen (secondary N) is 1. The van der Waals surface area contributed by atoms with Crippen LogP contribution in [0.2, 0.25) is 5.02 Å². The van der Waals surface area contributed by atoms with Gasteiger partial charge in [-0.15, -0.1) is 0 Å². The summed E-state index contributed by atoms with van der Waals surface area (Å²) in [5.74, 6) is 0.522. The minimum atomic E-state index is -0.318. The summed E-state index contributed by atoms with van der Waals surface area (Å²) in [4.78, 5) is 0. The standard InChI is InChI=1S/C15H15ClFNO/c1-19-15-5-3-2-4-12(15)10-18-9-11-6-13(16)8-14(17)7-11/h2-8,18H,9-10H2,1H3. The number of benzene rings is 2. The molecule has 1 N–H and O–H groups in total. The lowest BCUT2D eigenvalue weighted by atomic mass is 10.2. The number of rotatable bonds is 5. The number of ether oxygens (including phenoxy) is 1. The lowest BCUT2D eigenvalue weighted by Crippen LogP contribution is -2.13. The van der Waals surface area contributed by atoms with Gasteiger partial charge in [-0.2, -0.15) is 0 Å². The van der Waals surface area contributed by atoms with E-state index in [4.69, 9.17) is 16.3 Å². The minimum absolute atomic E-state index is 0.318. The van der Waals surface area contributed by atoms with Crippen molar-refractivity contribution < 1.29 is 9.13 Å². The Kier molecular flexibility index (Phi) is 4.77. The van der Waals surface area contributed by atoms with Crippen molar-refractivity contribution >= 4 is 11.6 Å². The van der Waals surface area contributed by atoms with Crippen LogP contribution in [0.5, 0.6) is 5.75 Å². The first-order valence-electron chi connectivity index (χ1n) is 5.96. The van der Waals surface area contributed by atoms with Crippen LogP contribution in [0, 0.1) is 5.82 Å². The van der Waals surface area contributed by atoms with Crippen LogP contribution < -0.4 is 10.1 Å². The van der Waals surface area contributed by atoms with Gasteiger partial charge in [0.1, 0.15) is 11.6 Å². The fourth-order valence-electron chi connectivity index (χ4n) is 1.90. The molecular formula is C15H15ClFNO. The van der Waals surface area contributed by atoms with E-state index < -0.39 is 0 Å². The van der Waals surface area contributed by atoms with E-state index in [1.807, 2.05) is 24.3 Å². The largest absolute Gasteiger partial charge is 0.496 e. The molecule has 0 aromatic heterocycles. The van der Waals surface area contributed by atoms with Crippen LogP contribution >= 0.6 is 11.6 Å². The zero-order valence-corrected chi connectivity index (χ0v) is 11.4. The van der Waals surface area contributed by atoms with Crippen LogP contribution in [0.1, 0.15) is 11.1 Å². The van der Waals surface area contributed by atoms with Gasteiger partial charge in [0, 0.05) is 23.7 Å². The summed E-state index contributed by atoms with van der Waals surface area (Å²) in [7, 11) is 1.64. The highest BCUT2D eigenvalue weighted by Crippen LogP contribution is 2.17. The third kappa shape index (κ3) is 3.94. The molecule has 0 unspecified atom stereocenters. The molecule has 0 bridgehead atoms. The highest BCUT2D eigenvalue weighted by atomic mass is 35.5. The summed E-state index contributed by atoms with van der Waals surface area (Å²) in [6.07, 6.45) is 0. The van der Waals surface area contributed by atoms with Crippen molar-refractivity contribution in [3.63, 3.8) is 0 Å². The molecule has 100 valence electrons. The van der Waals surface area contributed by atoms with Gasteiger partial charge >= 0.3 is 0 Å². The molecular weight excluding hydrogens is 265 g/mol. The predicted molar refractivity (Wildman–Crippen MR) is 74.9 cm³/mol. The van der Waals surface area contributed by atoms with Gasteiger partial charge in [0.25, 0.3) is 0 Å². The molecule has 2 aromatic carbocycles. The van der Waals surface area contributed by atoms with E-state index in [2.05, 4.69) is 5.32 Å². The van der Waals surface area contributed by atoms with Crippen LogP contribution in [0.25, 0.3) is 0 Å². The maximum atomic E-state index is 13.2. The van der Waals surface area contributed by atoms with Crippen molar-refractivity contribution in [2.75, 3.05) is 7.11 Å². The van der Waals surface area contributed by atoms with Crippen molar-refractivity contribution in [2.24, 2.45) is 0 Å². The molecule has 2 nitrogen and oxygen atoms in total. The topological polar surface area (TPSA) is 21.3 Å². The van der Waals surface area contributed by atoms with E-state index in [1.165, 1.54) is 12.1 Å². The number of methoxy groups -OCH3 is 1. The molecule has 0 radical (unpaired) electrons. The third-order valence-corrected chi connectivity index (χ3v) is 2.98. The van der Waals surface area contributed by atoms with E-state index >= 15 is 0 Å². The Morgan fingerprint density at radius 2 is 1.95 bits per heavy atom. The van der Waals surface area contributed by atoms with Gasteiger partial charge in [0.15, 0.2) is 0 Å². The van der Waals surface area contributed by atoms with E-state index in [0.29, 0.717) is 18.1 Å².